The molecule has 3 nitrogen and oxygen atoms in total. The summed E-state index contributed by atoms with van der Waals surface area (Å²) in [4.78, 5) is 7.53. The second kappa shape index (κ2) is 6.02. The lowest BCUT2D eigenvalue weighted by Crippen LogP contribution is -2.22. The summed E-state index contributed by atoms with van der Waals surface area (Å²) in [7, 11) is 0. The molecular weight excluding hydrogens is 234 g/mol. The molecule has 0 saturated carbocycles. The number of imidazole rings is 1. The second-order valence-corrected chi connectivity index (χ2v) is 5.19. The first-order chi connectivity index (χ1) is 9.11. The zero-order valence-corrected chi connectivity index (χ0v) is 12.2. The van der Waals surface area contributed by atoms with Crippen LogP contribution in [0.2, 0.25) is 0 Å². The highest BCUT2D eigenvalue weighted by Crippen LogP contribution is 2.18. The average molecular weight is 257 g/mol. The molecule has 1 aromatic heterocycles. The summed E-state index contributed by atoms with van der Waals surface area (Å²) in [5, 5.41) is 3.60. The normalized spacial score (nSPS) is 12.6. The van der Waals surface area contributed by atoms with Gasteiger partial charge < -0.3 is 10.3 Å². The Labute approximate surface area is 115 Å². The van der Waals surface area contributed by atoms with Crippen molar-refractivity contribution in [2.45, 2.75) is 46.7 Å². The van der Waals surface area contributed by atoms with Crippen molar-refractivity contribution in [3.8, 4) is 0 Å². The molecule has 0 aliphatic rings. The van der Waals surface area contributed by atoms with Crippen molar-refractivity contribution in [3.05, 3.63) is 52.6 Å². The Hall–Kier alpha value is -1.61. The fourth-order valence-electron chi connectivity index (χ4n) is 2.62. The topological polar surface area (TPSA) is 40.7 Å². The maximum Gasteiger partial charge on any atom is 0.123 e. The van der Waals surface area contributed by atoms with Gasteiger partial charge in [-0.25, -0.2) is 4.98 Å². The van der Waals surface area contributed by atoms with Gasteiger partial charge in [0.15, 0.2) is 0 Å². The third kappa shape index (κ3) is 3.24. The quantitative estimate of drug-likeness (QED) is 0.859. The van der Waals surface area contributed by atoms with Crippen LogP contribution in [0.4, 0.5) is 0 Å². The molecule has 2 rings (SSSR count). The van der Waals surface area contributed by atoms with Crippen LogP contribution in [0.25, 0.3) is 0 Å². The van der Waals surface area contributed by atoms with Gasteiger partial charge in [0.1, 0.15) is 5.82 Å². The van der Waals surface area contributed by atoms with E-state index in [4.69, 9.17) is 0 Å². The molecule has 1 atom stereocenters. The molecule has 1 unspecified atom stereocenters. The summed E-state index contributed by atoms with van der Waals surface area (Å²) in [6.45, 7) is 9.58. The highest BCUT2D eigenvalue weighted by atomic mass is 15.0. The van der Waals surface area contributed by atoms with Gasteiger partial charge in [0.25, 0.3) is 0 Å². The molecule has 0 spiro atoms. The van der Waals surface area contributed by atoms with Crippen molar-refractivity contribution in [1.29, 1.82) is 0 Å². The molecule has 1 aromatic carbocycles. The van der Waals surface area contributed by atoms with Crippen molar-refractivity contribution < 1.29 is 0 Å². The minimum atomic E-state index is 0.287. The van der Waals surface area contributed by atoms with Gasteiger partial charge in [-0.3, -0.25) is 0 Å². The summed E-state index contributed by atoms with van der Waals surface area (Å²) in [5.74, 6) is 1.02. The average Bonchev–Trinajstić information content (AvgIpc) is 2.86. The minimum Gasteiger partial charge on any atom is -0.347 e. The number of H-pyrrole nitrogens is 1. The monoisotopic (exact) mass is 257 g/mol. The molecule has 0 amide bonds. The summed E-state index contributed by atoms with van der Waals surface area (Å²) in [5.41, 5.74) is 5.45. The molecular formula is C16H23N3. The van der Waals surface area contributed by atoms with Crippen LogP contribution in [0.5, 0.6) is 0 Å². The number of nitrogens with zero attached hydrogens (tertiary/aromatic N) is 1. The van der Waals surface area contributed by atoms with E-state index in [0.29, 0.717) is 0 Å². The van der Waals surface area contributed by atoms with Crippen molar-refractivity contribution in [2.24, 2.45) is 0 Å². The van der Waals surface area contributed by atoms with E-state index in [1.165, 1.54) is 22.3 Å². The number of aromatic amines is 1. The van der Waals surface area contributed by atoms with E-state index in [1.54, 1.807) is 0 Å². The van der Waals surface area contributed by atoms with Crippen LogP contribution in [0, 0.1) is 20.8 Å². The lowest BCUT2D eigenvalue weighted by molar-refractivity contribution is 0.496. The third-order valence-corrected chi connectivity index (χ3v) is 3.62. The maximum absolute atomic E-state index is 4.34. The number of hydrogen-bond acceptors (Lipinski definition) is 2. The molecule has 0 aliphatic carbocycles. The maximum atomic E-state index is 4.34. The van der Waals surface area contributed by atoms with E-state index in [1.807, 2.05) is 12.4 Å². The molecule has 2 aromatic rings. The molecule has 2 N–H and O–H groups in total. The van der Waals surface area contributed by atoms with Gasteiger partial charge in [-0.2, -0.15) is 0 Å². The molecule has 0 saturated heterocycles. The van der Waals surface area contributed by atoms with Crippen LogP contribution in [-0.2, 0) is 6.54 Å². The highest BCUT2D eigenvalue weighted by Gasteiger charge is 2.12. The zero-order valence-electron chi connectivity index (χ0n) is 12.2. The standard InChI is InChI=1S/C16H23N3/c1-5-15(16-17-6-7-18-16)19-10-14-12(3)8-11(2)9-13(14)4/h6-9,15,19H,5,10H2,1-4H3,(H,17,18). The number of hydrogen-bond donors (Lipinski definition) is 2. The van der Waals surface area contributed by atoms with Crippen molar-refractivity contribution in [2.75, 3.05) is 0 Å². The number of aromatic nitrogens is 2. The number of benzene rings is 1. The van der Waals surface area contributed by atoms with Crippen LogP contribution >= 0.6 is 0 Å². The first kappa shape index (κ1) is 13.8. The van der Waals surface area contributed by atoms with Gasteiger partial charge in [-0.15, -0.1) is 0 Å². The predicted molar refractivity (Wildman–Crippen MR) is 79.1 cm³/mol. The molecule has 0 bridgehead atoms. The van der Waals surface area contributed by atoms with Gasteiger partial charge in [0.2, 0.25) is 0 Å². The van der Waals surface area contributed by atoms with Gasteiger partial charge in [0.05, 0.1) is 6.04 Å². The molecule has 19 heavy (non-hydrogen) atoms. The van der Waals surface area contributed by atoms with Gasteiger partial charge >= 0.3 is 0 Å². The van der Waals surface area contributed by atoms with E-state index >= 15 is 0 Å². The van der Waals surface area contributed by atoms with Crippen LogP contribution in [0.1, 0.15) is 47.5 Å². The Morgan fingerprint density at radius 1 is 1.21 bits per heavy atom. The fraction of sp³-hybridized carbons (Fsp3) is 0.438. The fourth-order valence-corrected chi connectivity index (χ4v) is 2.62. The van der Waals surface area contributed by atoms with Crippen LogP contribution in [-0.4, -0.2) is 9.97 Å². The Balaban J connectivity index is 2.10. The molecule has 0 radical (unpaired) electrons. The summed E-state index contributed by atoms with van der Waals surface area (Å²) >= 11 is 0. The highest BCUT2D eigenvalue weighted by molar-refractivity contribution is 5.37. The third-order valence-electron chi connectivity index (χ3n) is 3.62. The Morgan fingerprint density at radius 2 is 1.89 bits per heavy atom. The number of rotatable bonds is 5. The SMILES string of the molecule is CCC(NCc1c(C)cc(C)cc1C)c1ncc[nH]1. The summed E-state index contributed by atoms with van der Waals surface area (Å²) < 4.78 is 0. The van der Waals surface area contributed by atoms with Crippen molar-refractivity contribution in [1.82, 2.24) is 15.3 Å². The van der Waals surface area contributed by atoms with Crippen molar-refractivity contribution >= 4 is 0 Å². The lowest BCUT2D eigenvalue weighted by atomic mass is 9.99. The van der Waals surface area contributed by atoms with E-state index in [9.17, 15) is 0 Å². The summed E-state index contributed by atoms with van der Waals surface area (Å²) in [6.07, 6.45) is 4.71. The van der Waals surface area contributed by atoms with E-state index in [2.05, 4.69) is 55.1 Å². The molecule has 3 heteroatoms. The Kier molecular flexibility index (Phi) is 4.38. The summed E-state index contributed by atoms with van der Waals surface area (Å²) in [6, 6.07) is 4.78. The van der Waals surface area contributed by atoms with E-state index in [0.717, 1.165) is 18.8 Å². The minimum absolute atomic E-state index is 0.287. The number of aryl methyl sites for hydroxylation is 3. The first-order valence-corrected chi connectivity index (χ1v) is 6.91. The lowest BCUT2D eigenvalue weighted by Gasteiger charge is -2.17. The Bertz CT molecular complexity index is 506. The molecule has 0 fully saturated rings. The van der Waals surface area contributed by atoms with E-state index < -0.39 is 0 Å². The second-order valence-electron chi connectivity index (χ2n) is 5.19. The van der Waals surface area contributed by atoms with Gasteiger partial charge in [0, 0.05) is 18.9 Å². The Morgan fingerprint density at radius 3 is 2.42 bits per heavy atom. The predicted octanol–water partition coefficient (Wildman–Crippen LogP) is 3.58. The molecule has 102 valence electrons. The van der Waals surface area contributed by atoms with Crippen LogP contribution < -0.4 is 5.32 Å². The molecule has 0 aliphatic heterocycles. The van der Waals surface area contributed by atoms with E-state index in [-0.39, 0.29) is 6.04 Å². The van der Waals surface area contributed by atoms with Crippen molar-refractivity contribution in [3.63, 3.8) is 0 Å². The van der Waals surface area contributed by atoms with Gasteiger partial charge in [-0.05, 0) is 43.9 Å². The van der Waals surface area contributed by atoms with Crippen LogP contribution in [0.3, 0.4) is 0 Å². The smallest absolute Gasteiger partial charge is 0.123 e. The zero-order chi connectivity index (χ0) is 13.8. The van der Waals surface area contributed by atoms with Gasteiger partial charge in [-0.1, -0.05) is 24.6 Å². The largest absolute Gasteiger partial charge is 0.347 e. The number of nitrogens with one attached hydrogen (secondary N) is 2. The van der Waals surface area contributed by atoms with Crippen LogP contribution in [0.15, 0.2) is 24.5 Å². The first-order valence-electron chi connectivity index (χ1n) is 6.91. The molecule has 1 heterocycles.